The van der Waals surface area contributed by atoms with Crippen LogP contribution >= 0.6 is 0 Å². The minimum atomic E-state index is -0.0271. The van der Waals surface area contributed by atoms with E-state index in [9.17, 15) is 4.79 Å². The van der Waals surface area contributed by atoms with Crippen LogP contribution in [0.2, 0.25) is 0 Å². The Morgan fingerprint density at radius 3 is 1.81 bits per heavy atom. The largest absolute Gasteiger partial charge is 0.369 e. The molecule has 1 amide bonds. The first-order valence-electron chi connectivity index (χ1n) is 6.95. The van der Waals surface area contributed by atoms with Crippen LogP contribution in [0.15, 0.2) is 0 Å². The van der Waals surface area contributed by atoms with E-state index in [-0.39, 0.29) is 11.8 Å². The van der Waals surface area contributed by atoms with E-state index >= 15 is 0 Å². The molecule has 2 nitrogen and oxygen atoms in total. The lowest BCUT2D eigenvalue weighted by Gasteiger charge is -2.57. The molecule has 0 saturated heterocycles. The Hall–Kier alpha value is -0.530. The maximum absolute atomic E-state index is 11.3. The van der Waals surface area contributed by atoms with Crippen LogP contribution in [0.4, 0.5) is 0 Å². The van der Waals surface area contributed by atoms with Crippen molar-refractivity contribution in [1.82, 2.24) is 0 Å². The van der Waals surface area contributed by atoms with Crippen molar-refractivity contribution in [3.63, 3.8) is 0 Å². The Labute approximate surface area is 97.0 Å². The highest BCUT2D eigenvalue weighted by atomic mass is 16.1. The van der Waals surface area contributed by atoms with E-state index in [4.69, 9.17) is 5.73 Å². The molecular weight excluding hydrogens is 198 g/mol. The number of rotatable bonds is 2. The molecule has 0 unspecified atom stereocenters. The quantitative estimate of drug-likeness (QED) is 0.761. The monoisotopic (exact) mass is 219 g/mol. The van der Waals surface area contributed by atoms with Gasteiger partial charge in [0.1, 0.15) is 0 Å². The summed E-state index contributed by atoms with van der Waals surface area (Å²) < 4.78 is 0. The Morgan fingerprint density at radius 1 is 0.938 bits per heavy atom. The number of carbonyl (C=O) groups excluding carboxylic acids is 1. The number of nitrogens with two attached hydrogens (primary N) is 1. The Balaban J connectivity index is 1.61. The number of hydrogen-bond donors (Lipinski definition) is 1. The zero-order valence-electron chi connectivity index (χ0n) is 9.82. The number of primary amides is 1. The average Bonchev–Trinajstić information content (AvgIpc) is 2.94. The third kappa shape index (κ3) is 1.16. The van der Waals surface area contributed by atoms with Gasteiger partial charge in [-0.2, -0.15) is 0 Å². The highest BCUT2D eigenvalue weighted by Gasteiger charge is 2.61. The van der Waals surface area contributed by atoms with Crippen LogP contribution in [0.5, 0.6) is 0 Å². The molecule has 5 fully saturated rings. The summed E-state index contributed by atoms with van der Waals surface area (Å²) in [7, 11) is 0. The van der Waals surface area contributed by atoms with Gasteiger partial charge in [-0.25, -0.2) is 0 Å². The second-order valence-corrected chi connectivity index (χ2v) is 7.13. The van der Waals surface area contributed by atoms with Crippen molar-refractivity contribution in [2.45, 2.75) is 44.9 Å². The first-order chi connectivity index (χ1) is 7.66. The maximum atomic E-state index is 11.3. The van der Waals surface area contributed by atoms with E-state index in [1.807, 2.05) is 0 Å². The molecule has 5 saturated carbocycles. The SMILES string of the molecule is NC(=O)[C@H]1C[C@H]1C12CC3CC(CC(C3)C1)C2. The molecule has 0 aromatic heterocycles. The summed E-state index contributed by atoms with van der Waals surface area (Å²) in [4.78, 5) is 11.3. The van der Waals surface area contributed by atoms with Crippen LogP contribution in [0.3, 0.4) is 0 Å². The van der Waals surface area contributed by atoms with Crippen molar-refractivity contribution in [2.75, 3.05) is 0 Å². The molecule has 0 aromatic rings. The molecule has 0 heterocycles. The van der Waals surface area contributed by atoms with Gasteiger partial charge in [0.2, 0.25) is 5.91 Å². The average molecular weight is 219 g/mol. The van der Waals surface area contributed by atoms with Crippen LogP contribution < -0.4 is 5.73 Å². The fourth-order valence-electron chi connectivity index (χ4n) is 5.82. The van der Waals surface area contributed by atoms with Crippen molar-refractivity contribution in [3.05, 3.63) is 0 Å². The molecule has 16 heavy (non-hydrogen) atoms. The van der Waals surface area contributed by atoms with Crippen LogP contribution in [-0.2, 0) is 4.79 Å². The highest BCUT2D eigenvalue weighted by Crippen LogP contribution is 2.68. The number of hydrogen-bond acceptors (Lipinski definition) is 1. The molecule has 2 heteroatoms. The molecule has 5 aliphatic carbocycles. The molecule has 2 atom stereocenters. The lowest BCUT2D eigenvalue weighted by Crippen LogP contribution is -2.47. The Bertz CT molecular complexity index is 313. The van der Waals surface area contributed by atoms with Gasteiger partial charge in [0.25, 0.3) is 0 Å². The standard InChI is InChI=1S/C14H21NO/c15-13(16)11-4-12(11)14-5-8-1-9(6-14)3-10(2-8)7-14/h8-12H,1-7H2,(H2,15,16)/t8?,9?,10?,11-,12+,14?/m0/s1. The summed E-state index contributed by atoms with van der Waals surface area (Å²) in [6.07, 6.45) is 9.86. The second kappa shape index (κ2) is 2.83. The summed E-state index contributed by atoms with van der Waals surface area (Å²) in [6.45, 7) is 0. The van der Waals surface area contributed by atoms with E-state index in [1.54, 1.807) is 0 Å². The normalized spacial score (nSPS) is 57.6. The maximum Gasteiger partial charge on any atom is 0.220 e. The van der Waals surface area contributed by atoms with Gasteiger partial charge in [-0.3, -0.25) is 4.79 Å². The van der Waals surface area contributed by atoms with Crippen molar-refractivity contribution in [2.24, 2.45) is 40.7 Å². The molecule has 88 valence electrons. The van der Waals surface area contributed by atoms with Gasteiger partial charge in [-0.1, -0.05) is 0 Å². The third-order valence-electron chi connectivity index (χ3n) is 6.03. The van der Waals surface area contributed by atoms with E-state index < -0.39 is 0 Å². The van der Waals surface area contributed by atoms with E-state index in [0.29, 0.717) is 11.3 Å². The second-order valence-electron chi connectivity index (χ2n) is 7.13. The van der Waals surface area contributed by atoms with Gasteiger partial charge in [-0.05, 0) is 74.0 Å². The zero-order chi connectivity index (χ0) is 10.9. The van der Waals surface area contributed by atoms with Gasteiger partial charge in [0.15, 0.2) is 0 Å². The smallest absolute Gasteiger partial charge is 0.220 e. The van der Waals surface area contributed by atoms with E-state index in [0.717, 1.165) is 24.2 Å². The molecule has 5 aliphatic rings. The van der Waals surface area contributed by atoms with Crippen molar-refractivity contribution >= 4 is 5.91 Å². The first-order valence-corrected chi connectivity index (χ1v) is 6.95. The van der Waals surface area contributed by atoms with Gasteiger partial charge < -0.3 is 5.73 Å². The van der Waals surface area contributed by atoms with Crippen LogP contribution in [0, 0.1) is 35.0 Å². The molecule has 2 N–H and O–H groups in total. The fourth-order valence-corrected chi connectivity index (χ4v) is 5.82. The molecule has 4 bridgehead atoms. The van der Waals surface area contributed by atoms with Crippen molar-refractivity contribution in [3.8, 4) is 0 Å². The van der Waals surface area contributed by atoms with Gasteiger partial charge >= 0.3 is 0 Å². The fraction of sp³-hybridized carbons (Fsp3) is 0.929. The van der Waals surface area contributed by atoms with Crippen molar-refractivity contribution in [1.29, 1.82) is 0 Å². The van der Waals surface area contributed by atoms with Gasteiger partial charge in [0.05, 0.1) is 0 Å². The van der Waals surface area contributed by atoms with Crippen molar-refractivity contribution < 1.29 is 4.79 Å². The predicted octanol–water partition coefficient (Wildman–Crippen LogP) is 2.32. The number of amides is 1. The van der Waals surface area contributed by atoms with E-state index in [2.05, 4.69) is 0 Å². The molecule has 0 aliphatic heterocycles. The van der Waals surface area contributed by atoms with Crippen LogP contribution in [-0.4, -0.2) is 5.91 Å². The summed E-state index contributed by atoms with van der Waals surface area (Å²) in [5.74, 6) is 3.90. The Morgan fingerprint density at radius 2 is 1.44 bits per heavy atom. The molecule has 0 aromatic carbocycles. The van der Waals surface area contributed by atoms with E-state index in [1.165, 1.54) is 38.5 Å². The Kier molecular flexibility index (Phi) is 1.68. The molecule has 0 radical (unpaired) electrons. The predicted molar refractivity (Wildman–Crippen MR) is 61.4 cm³/mol. The lowest BCUT2D eigenvalue weighted by molar-refractivity contribution is -0.121. The molecule has 0 spiro atoms. The third-order valence-corrected chi connectivity index (χ3v) is 6.03. The molecule has 5 rings (SSSR count). The van der Waals surface area contributed by atoms with Crippen LogP contribution in [0.1, 0.15) is 44.9 Å². The summed E-state index contributed by atoms with van der Waals surface area (Å²) in [5, 5.41) is 0. The molecular formula is C14H21NO. The summed E-state index contributed by atoms with van der Waals surface area (Å²) >= 11 is 0. The van der Waals surface area contributed by atoms with Gasteiger partial charge in [-0.15, -0.1) is 0 Å². The number of carbonyl (C=O) groups is 1. The zero-order valence-corrected chi connectivity index (χ0v) is 9.82. The van der Waals surface area contributed by atoms with Gasteiger partial charge in [0, 0.05) is 5.92 Å². The summed E-state index contributed by atoms with van der Waals surface area (Å²) in [6, 6.07) is 0. The minimum absolute atomic E-state index is 0.0271. The highest BCUT2D eigenvalue weighted by molar-refractivity contribution is 5.79. The van der Waals surface area contributed by atoms with Crippen LogP contribution in [0.25, 0.3) is 0 Å². The topological polar surface area (TPSA) is 43.1 Å². The minimum Gasteiger partial charge on any atom is -0.369 e. The first kappa shape index (κ1) is 9.49. The lowest BCUT2D eigenvalue weighted by atomic mass is 9.48. The summed E-state index contributed by atoms with van der Waals surface area (Å²) in [5.41, 5.74) is 6.03.